The Morgan fingerprint density at radius 2 is 2.00 bits per heavy atom. The minimum absolute atomic E-state index is 0.000500. The summed E-state index contributed by atoms with van der Waals surface area (Å²) in [7, 11) is 5.96. The van der Waals surface area contributed by atoms with Crippen LogP contribution in [0.2, 0.25) is 0 Å². The summed E-state index contributed by atoms with van der Waals surface area (Å²) < 4.78 is 5.40. The van der Waals surface area contributed by atoms with Gasteiger partial charge in [-0.2, -0.15) is 0 Å². The van der Waals surface area contributed by atoms with Gasteiger partial charge in [0.05, 0.1) is 5.60 Å². The molecule has 0 saturated heterocycles. The molecule has 0 bridgehead atoms. The van der Waals surface area contributed by atoms with Crippen LogP contribution in [-0.2, 0) is 4.74 Å². The van der Waals surface area contributed by atoms with E-state index in [0.717, 1.165) is 26.1 Å². The van der Waals surface area contributed by atoms with Gasteiger partial charge in [0, 0.05) is 20.2 Å². The average Bonchev–Trinajstić information content (AvgIpc) is 2.15. The van der Waals surface area contributed by atoms with Crippen molar-refractivity contribution in [2.45, 2.75) is 32.8 Å². The van der Waals surface area contributed by atoms with Crippen LogP contribution in [0.25, 0.3) is 0 Å². The molecule has 1 N–H and O–H groups in total. The largest absolute Gasteiger partial charge is 0.379 e. The van der Waals surface area contributed by atoms with E-state index in [1.807, 2.05) is 7.05 Å². The molecule has 15 heavy (non-hydrogen) atoms. The van der Waals surface area contributed by atoms with E-state index in [9.17, 15) is 0 Å². The molecule has 0 aromatic heterocycles. The van der Waals surface area contributed by atoms with Crippen LogP contribution in [0.5, 0.6) is 0 Å². The van der Waals surface area contributed by atoms with E-state index in [4.69, 9.17) is 4.74 Å². The molecule has 0 saturated carbocycles. The summed E-state index contributed by atoms with van der Waals surface area (Å²) in [5, 5.41) is 3.20. The molecule has 0 spiro atoms. The fourth-order valence-electron chi connectivity index (χ4n) is 1.60. The van der Waals surface area contributed by atoms with E-state index in [2.05, 4.69) is 38.0 Å². The van der Waals surface area contributed by atoms with Crippen molar-refractivity contribution in [3.8, 4) is 0 Å². The Bertz CT molecular complexity index is 160. The van der Waals surface area contributed by atoms with Gasteiger partial charge in [-0.3, -0.25) is 0 Å². The molecule has 0 rings (SSSR count). The lowest BCUT2D eigenvalue weighted by molar-refractivity contribution is 0.00844. The monoisotopic (exact) mass is 216 g/mol. The number of nitrogens with one attached hydrogen (secondary N) is 1. The van der Waals surface area contributed by atoms with Crippen LogP contribution in [0.3, 0.4) is 0 Å². The number of methoxy groups -OCH3 is 1. The van der Waals surface area contributed by atoms with Gasteiger partial charge in [-0.05, 0) is 46.8 Å². The number of rotatable bonds is 8. The third kappa shape index (κ3) is 7.77. The van der Waals surface area contributed by atoms with Crippen LogP contribution < -0.4 is 5.32 Å². The molecule has 0 fully saturated rings. The van der Waals surface area contributed by atoms with Crippen LogP contribution in [0.15, 0.2) is 0 Å². The predicted molar refractivity (Wildman–Crippen MR) is 66.3 cm³/mol. The summed E-state index contributed by atoms with van der Waals surface area (Å²) in [5.74, 6) is 0.700. The molecular formula is C12H28N2O. The maximum absolute atomic E-state index is 5.40. The van der Waals surface area contributed by atoms with Gasteiger partial charge in [0.2, 0.25) is 0 Å². The molecule has 3 heteroatoms. The first-order chi connectivity index (χ1) is 6.91. The number of hydrogen-bond donors (Lipinski definition) is 1. The summed E-state index contributed by atoms with van der Waals surface area (Å²) in [5.41, 5.74) is 0.000500. The van der Waals surface area contributed by atoms with Gasteiger partial charge in [-0.25, -0.2) is 0 Å². The van der Waals surface area contributed by atoms with Crippen LogP contribution in [0.1, 0.15) is 27.2 Å². The molecule has 0 aromatic rings. The lowest BCUT2D eigenvalue weighted by Crippen LogP contribution is -2.34. The highest BCUT2D eigenvalue weighted by molar-refractivity contribution is 4.70. The van der Waals surface area contributed by atoms with E-state index in [1.54, 1.807) is 7.11 Å². The maximum Gasteiger partial charge on any atom is 0.0634 e. The summed E-state index contributed by atoms with van der Waals surface area (Å²) in [6, 6.07) is 0. The first-order valence-corrected chi connectivity index (χ1v) is 5.79. The number of hydrogen-bond acceptors (Lipinski definition) is 3. The van der Waals surface area contributed by atoms with Gasteiger partial charge in [0.25, 0.3) is 0 Å². The third-order valence-corrected chi connectivity index (χ3v) is 2.82. The topological polar surface area (TPSA) is 24.5 Å². The minimum atomic E-state index is 0.000500. The molecule has 92 valence electrons. The van der Waals surface area contributed by atoms with E-state index >= 15 is 0 Å². The van der Waals surface area contributed by atoms with Gasteiger partial charge in [-0.1, -0.05) is 6.92 Å². The number of nitrogens with zero attached hydrogens (tertiary/aromatic N) is 1. The Morgan fingerprint density at radius 3 is 2.47 bits per heavy atom. The van der Waals surface area contributed by atoms with Crippen molar-refractivity contribution in [2.75, 3.05) is 40.8 Å². The predicted octanol–water partition coefficient (Wildman–Crippen LogP) is 1.59. The fraction of sp³-hybridized carbons (Fsp3) is 1.00. The molecule has 0 heterocycles. The van der Waals surface area contributed by atoms with E-state index < -0.39 is 0 Å². The van der Waals surface area contributed by atoms with Crippen molar-refractivity contribution in [1.29, 1.82) is 0 Å². The molecule has 0 amide bonds. The van der Waals surface area contributed by atoms with E-state index in [-0.39, 0.29) is 5.60 Å². The van der Waals surface area contributed by atoms with Crippen molar-refractivity contribution in [3.63, 3.8) is 0 Å². The normalized spacial score (nSPS) is 14.6. The highest BCUT2D eigenvalue weighted by Crippen LogP contribution is 2.13. The SMILES string of the molecule is CNCC(C)CN(C)CCC(C)(C)OC. The van der Waals surface area contributed by atoms with Crippen molar-refractivity contribution < 1.29 is 4.74 Å². The van der Waals surface area contributed by atoms with Crippen molar-refractivity contribution >= 4 is 0 Å². The van der Waals surface area contributed by atoms with Crippen molar-refractivity contribution in [3.05, 3.63) is 0 Å². The first-order valence-electron chi connectivity index (χ1n) is 5.79. The zero-order valence-electron chi connectivity index (χ0n) is 11.3. The Labute approximate surface area is 95.2 Å². The molecule has 0 aromatic carbocycles. The molecule has 1 unspecified atom stereocenters. The highest BCUT2D eigenvalue weighted by atomic mass is 16.5. The fourth-order valence-corrected chi connectivity index (χ4v) is 1.60. The second kappa shape index (κ2) is 7.20. The molecule has 0 aliphatic heterocycles. The van der Waals surface area contributed by atoms with Crippen molar-refractivity contribution in [1.82, 2.24) is 10.2 Å². The second-order valence-electron chi connectivity index (χ2n) is 5.14. The molecule has 0 aliphatic carbocycles. The van der Waals surface area contributed by atoms with Gasteiger partial charge in [-0.15, -0.1) is 0 Å². The summed E-state index contributed by atoms with van der Waals surface area (Å²) >= 11 is 0. The van der Waals surface area contributed by atoms with Crippen LogP contribution >= 0.6 is 0 Å². The standard InChI is InChI=1S/C12H28N2O/c1-11(9-13-4)10-14(5)8-7-12(2,3)15-6/h11,13H,7-10H2,1-6H3. The summed E-state index contributed by atoms with van der Waals surface area (Å²) in [6.07, 6.45) is 1.08. The van der Waals surface area contributed by atoms with Gasteiger partial charge >= 0.3 is 0 Å². The van der Waals surface area contributed by atoms with Crippen LogP contribution in [0, 0.1) is 5.92 Å². The van der Waals surface area contributed by atoms with Crippen LogP contribution in [-0.4, -0.2) is 51.3 Å². The Morgan fingerprint density at radius 1 is 1.40 bits per heavy atom. The lowest BCUT2D eigenvalue weighted by Gasteiger charge is -2.27. The molecule has 0 aliphatic rings. The third-order valence-electron chi connectivity index (χ3n) is 2.82. The first kappa shape index (κ1) is 14.9. The Hall–Kier alpha value is -0.120. The quantitative estimate of drug-likeness (QED) is 0.667. The average molecular weight is 216 g/mol. The highest BCUT2D eigenvalue weighted by Gasteiger charge is 2.17. The summed E-state index contributed by atoms with van der Waals surface area (Å²) in [4.78, 5) is 2.38. The number of ether oxygens (including phenoxy) is 1. The zero-order chi connectivity index (χ0) is 11.9. The summed E-state index contributed by atoms with van der Waals surface area (Å²) in [6.45, 7) is 9.86. The second-order valence-corrected chi connectivity index (χ2v) is 5.14. The van der Waals surface area contributed by atoms with Crippen LogP contribution in [0.4, 0.5) is 0 Å². The maximum atomic E-state index is 5.40. The molecule has 3 nitrogen and oxygen atoms in total. The molecule has 0 radical (unpaired) electrons. The minimum Gasteiger partial charge on any atom is -0.379 e. The Balaban J connectivity index is 3.69. The van der Waals surface area contributed by atoms with Gasteiger partial charge < -0.3 is 15.0 Å². The molecule has 1 atom stereocenters. The van der Waals surface area contributed by atoms with Gasteiger partial charge in [0.1, 0.15) is 0 Å². The lowest BCUT2D eigenvalue weighted by atomic mass is 10.0. The van der Waals surface area contributed by atoms with Crippen molar-refractivity contribution in [2.24, 2.45) is 5.92 Å². The zero-order valence-corrected chi connectivity index (χ0v) is 11.3. The van der Waals surface area contributed by atoms with E-state index in [1.165, 1.54) is 0 Å². The van der Waals surface area contributed by atoms with E-state index in [0.29, 0.717) is 5.92 Å². The van der Waals surface area contributed by atoms with Gasteiger partial charge in [0.15, 0.2) is 0 Å². The Kier molecular flexibility index (Phi) is 7.14. The smallest absolute Gasteiger partial charge is 0.0634 e. The molecular weight excluding hydrogens is 188 g/mol.